The second-order valence-corrected chi connectivity index (χ2v) is 7.75. The molecule has 0 aliphatic heterocycles. The van der Waals surface area contributed by atoms with Crippen molar-refractivity contribution in [1.82, 2.24) is 10.7 Å². The Labute approximate surface area is 192 Å². The van der Waals surface area contributed by atoms with E-state index in [1.54, 1.807) is 0 Å². The minimum Gasteiger partial charge on any atom is -0.488 e. The molecule has 0 saturated carbocycles. The number of para-hydroxylation sites is 1. The number of amides is 2. The van der Waals surface area contributed by atoms with E-state index < -0.39 is 23.7 Å². The molecule has 0 bridgehead atoms. The molecule has 1 atom stereocenters. The van der Waals surface area contributed by atoms with E-state index >= 15 is 0 Å². The summed E-state index contributed by atoms with van der Waals surface area (Å²) in [5.74, 6) is -0.922. The molecule has 33 heavy (non-hydrogen) atoms. The number of hydrogen-bond donors (Lipinski definition) is 2. The van der Waals surface area contributed by atoms with Crippen molar-refractivity contribution in [2.24, 2.45) is 11.0 Å². The number of hydrogen-bond acceptors (Lipinski definition) is 4. The second-order valence-electron chi connectivity index (χ2n) is 7.75. The number of halogens is 1. The van der Waals surface area contributed by atoms with Crippen LogP contribution in [-0.2, 0) is 11.4 Å². The van der Waals surface area contributed by atoms with E-state index in [0.29, 0.717) is 17.9 Å². The Morgan fingerprint density at radius 3 is 2.33 bits per heavy atom. The van der Waals surface area contributed by atoms with E-state index in [0.717, 1.165) is 5.56 Å². The second kappa shape index (κ2) is 11.6. The fourth-order valence-electron chi connectivity index (χ4n) is 3.05. The molecule has 0 heterocycles. The number of nitrogens with one attached hydrogen (secondary N) is 2. The molecular weight excluding hydrogens is 421 g/mol. The smallest absolute Gasteiger partial charge is 0.262 e. The zero-order valence-electron chi connectivity index (χ0n) is 18.5. The van der Waals surface area contributed by atoms with Crippen LogP contribution in [-0.4, -0.2) is 24.1 Å². The molecule has 0 saturated heterocycles. The van der Waals surface area contributed by atoms with Gasteiger partial charge in [-0.3, -0.25) is 9.59 Å². The Morgan fingerprint density at radius 2 is 1.64 bits per heavy atom. The maximum absolute atomic E-state index is 13.1. The van der Waals surface area contributed by atoms with Crippen LogP contribution in [0.4, 0.5) is 4.39 Å². The molecule has 2 N–H and O–H groups in total. The van der Waals surface area contributed by atoms with Crippen molar-refractivity contribution in [3.05, 3.63) is 101 Å². The minimum absolute atomic E-state index is 0.189. The van der Waals surface area contributed by atoms with Crippen molar-refractivity contribution < 1.29 is 18.7 Å². The van der Waals surface area contributed by atoms with Gasteiger partial charge in [-0.05, 0) is 47.9 Å². The Kier molecular flexibility index (Phi) is 8.30. The first-order valence-electron chi connectivity index (χ1n) is 10.6. The lowest BCUT2D eigenvalue weighted by atomic mass is 10.0. The molecule has 3 rings (SSSR count). The molecule has 7 heteroatoms. The molecule has 0 radical (unpaired) electrons. The number of carbonyl (C=O) groups excluding carboxylic acids is 2. The van der Waals surface area contributed by atoms with E-state index in [4.69, 9.17) is 4.74 Å². The number of rotatable bonds is 9. The SMILES string of the molecule is CC(C)C(NC(=O)c1ccc(F)cc1)C(=O)NN=Cc1ccccc1OCc1ccccc1. The quantitative estimate of drug-likeness (QED) is 0.379. The van der Waals surface area contributed by atoms with Crippen LogP contribution in [0.15, 0.2) is 84.0 Å². The normalized spacial score (nSPS) is 11.9. The Morgan fingerprint density at radius 1 is 0.970 bits per heavy atom. The van der Waals surface area contributed by atoms with Crippen LogP contribution in [0.3, 0.4) is 0 Å². The number of benzene rings is 3. The maximum atomic E-state index is 13.1. The van der Waals surface area contributed by atoms with Gasteiger partial charge in [-0.1, -0.05) is 56.3 Å². The first kappa shape index (κ1) is 23.7. The third-order valence-electron chi connectivity index (χ3n) is 4.88. The molecular formula is C26H26FN3O3. The first-order chi connectivity index (χ1) is 15.9. The van der Waals surface area contributed by atoms with Gasteiger partial charge in [0, 0.05) is 11.1 Å². The van der Waals surface area contributed by atoms with Gasteiger partial charge in [-0.2, -0.15) is 5.10 Å². The highest BCUT2D eigenvalue weighted by atomic mass is 19.1. The number of ether oxygens (including phenoxy) is 1. The topological polar surface area (TPSA) is 79.8 Å². The minimum atomic E-state index is -0.815. The van der Waals surface area contributed by atoms with Crippen molar-refractivity contribution in [2.75, 3.05) is 0 Å². The van der Waals surface area contributed by atoms with E-state index in [1.165, 1.54) is 30.5 Å². The molecule has 170 valence electrons. The van der Waals surface area contributed by atoms with Crippen molar-refractivity contribution in [3.8, 4) is 5.75 Å². The molecule has 2 amide bonds. The third-order valence-corrected chi connectivity index (χ3v) is 4.88. The summed E-state index contributed by atoms with van der Waals surface area (Å²) >= 11 is 0. The van der Waals surface area contributed by atoms with Gasteiger partial charge in [0.25, 0.3) is 11.8 Å². The van der Waals surface area contributed by atoms with Gasteiger partial charge in [0.2, 0.25) is 0 Å². The van der Waals surface area contributed by atoms with E-state index in [2.05, 4.69) is 15.8 Å². The van der Waals surface area contributed by atoms with Crippen molar-refractivity contribution in [2.45, 2.75) is 26.5 Å². The van der Waals surface area contributed by atoms with E-state index in [-0.39, 0.29) is 11.5 Å². The molecule has 3 aromatic carbocycles. The highest BCUT2D eigenvalue weighted by molar-refractivity contribution is 5.97. The summed E-state index contributed by atoms with van der Waals surface area (Å²) < 4.78 is 19.0. The Balaban J connectivity index is 1.61. The summed E-state index contributed by atoms with van der Waals surface area (Å²) in [6, 6.07) is 21.4. The molecule has 0 fully saturated rings. The highest BCUT2D eigenvalue weighted by Gasteiger charge is 2.24. The predicted molar refractivity (Wildman–Crippen MR) is 125 cm³/mol. The summed E-state index contributed by atoms with van der Waals surface area (Å²) in [5, 5.41) is 6.73. The zero-order chi connectivity index (χ0) is 23.6. The maximum Gasteiger partial charge on any atom is 0.262 e. The summed E-state index contributed by atoms with van der Waals surface area (Å²) in [6.07, 6.45) is 1.50. The molecule has 0 spiro atoms. The fraction of sp³-hybridized carbons (Fsp3) is 0.192. The molecule has 0 aromatic heterocycles. The van der Waals surface area contributed by atoms with E-state index in [1.807, 2.05) is 68.4 Å². The number of hydrazone groups is 1. The lowest BCUT2D eigenvalue weighted by Gasteiger charge is -2.20. The van der Waals surface area contributed by atoms with Crippen LogP contribution in [0, 0.1) is 11.7 Å². The standard InChI is InChI=1S/C26H26FN3O3/c1-18(2)24(29-25(31)20-12-14-22(27)15-13-20)26(32)30-28-16-21-10-6-7-11-23(21)33-17-19-8-4-3-5-9-19/h3-16,18,24H,17H2,1-2H3,(H,29,31)(H,30,32). The predicted octanol–water partition coefficient (Wildman–Crippen LogP) is 4.31. The Hall–Kier alpha value is -4.00. The van der Waals surface area contributed by atoms with Crippen molar-refractivity contribution >= 4 is 18.0 Å². The van der Waals surface area contributed by atoms with Gasteiger partial charge >= 0.3 is 0 Å². The van der Waals surface area contributed by atoms with E-state index in [9.17, 15) is 14.0 Å². The van der Waals surface area contributed by atoms with Crippen LogP contribution >= 0.6 is 0 Å². The largest absolute Gasteiger partial charge is 0.488 e. The van der Waals surface area contributed by atoms with Crippen LogP contribution < -0.4 is 15.5 Å². The summed E-state index contributed by atoms with van der Waals surface area (Å²) in [5.41, 5.74) is 4.48. The van der Waals surface area contributed by atoms with Crippen LogP contribution in [0.25, 0.3) is 0 Å². The van der Waals surface area contributed by atoms with Crippen molar-refractivity contribution in [3.63, 3.8) is 0 Å². The molecule has 0 aliphatic carbocycles. The summed E-state index contributed by atoms with van der Waals surface area (Å²) in [4.78, 5) is 25.1. The molecule has 3 aromatic rings. The number of nitrogens with zero attached hydrogens (tertiary/aromatic N) is 1. The monoisotopic (exact) mass is 447 g/mol. The first-order valence-corrected chi connectivity index (χ1v) is 10.6. The van der Waals surface area contributed by atoms with Gasteiger partial charge in [0.1, 0.15) is 24.2 Å². The average molecular weight is 448 g/mol. The molecule has 0 aliphatic rings. The van der Waals surface area contributed by atoms with Gasteiger partial charge < -0.3 is 10.1 Å². The Bertz CT molecular complexity index is 1100. The zero-order valence-corrected chi connectivity index (χ0v) is 18.5. The van der Waals surface area contributed by atoms with Crippen LogP contribution in [0.2, 0.25) is 0 Å². The fourth-order valence-corrected chi connectivity index (χ4v) is 3.05. The van der Waals surface area contributed by atoms with Crippen LogP contribution in [0.5, 0.6) is 5.75 Å². The van der Waals surface area contributed by atoms with Crippen LogP contribution in [0.1, 0.15) is 35.3 Å². The van der Waals surface area contributed by atoms with Crippen molar-refractivity contribution in [1.29, 1.82) is 0 Å². The highest BCUT2D eigenvalue weighted by Crippen LogP contribution is 2.17. The van der Waals surface area contributed by atoms with Gasteiger partial charge in [-0.15, -0.1) is 0 Å². The average Bonchev–Trinajstić information content (AvgIpc) is 2.82. The van der Waals surface area contributed by atoms with Gasteiger partial charge in [0.05, 0.1) is 6.21 Å². The molecule has 6 nitrogen and oxygen atoms in total. The lowest BCUT2D eigenvalue weighted by molar-refractivity contribution is -0.123. The lowest BCUT2D eigenvalue weighted by Crippen LogP contribution is -2.48. The summed E-state index contributed by atoms with van der Waals surface area (Å²) in [7, 11) is 0. The molecule has 1 unspecified atom stereocenters. The summed E-state index contributed by atoms with van der Waals surface area (Å²) in [6.45, 7) is 4.03. The van der Waals surface area contributed by atoms with Gasteiger partial charge in [-0.25, -0.2) is 9.82 Å². The van der Waals surface area contributed by atoms with Gasteiger partial charge in [0.15, 0.2) is 0 Å². The third kappa shape index (κ3) is 7.00. The number of carbonyl (C=O) groups is 2.